The first kappa shape index (κ1) is 17.4. The minimum Gasteiger partial charge on any atom is -0.435 e. The number of hydrogen-bond acceptors (Lipinski definition) is 5. The third-order valence-corrected chi connectivity index (χ3v) is 4.94. The third kappa shape index (κ3) is 3.96. The first-order valence-electron chi connectivity index (χ1n) is 8.27. The van der Waals surface area contributed by atoms with Crippen LogP contribution >= 0.6 is 11.3 Å². The normalized spacial score (nSPS) is 10.8. The Labute approximate surface area is 151 Å². The molecule has 1 amide bonds. The molecule has 0 bridgehead atoms. The Morgan fingerprint density at radius 2 is 1.92 bits per heavy atom. The van der Waals surface area contributed by atoms with E-state index in [-0.39, 0.29) is 5.91 Å². The van der Waals surface area contributed by atoms with Gasteiger partial charge in [-0.05, 0) is 19.4 Å². The minimum atomic E-state index is -0.138. The summed E-state index contributed by atoms with van der Waals surface area (Å²) in [6.07, 6.45) is 0.667. The van der Waals surface area contributed by atoms with Crippen molar-refractivity contribution in [1.82, 2.24) is 14.9 Å². The average Bonchev–Trinajstić information content (AvgIpc) is 3.20. The second kappa shape index (κ2) is 7.61. The van der Waals surface area contributed by atoms with Gasteiger partial charge < -0.3 is 9.32 Å². The van der Waals surface area contributed by atoms with Crippen molar-refractivity contribution in [1.29, 1.82) is 0 Å². The molecule has 0 spiro atoms. The fraction of sp³-hybridized carbons (Fsp3) is 0.316. The zero-order chi connectivity index (χ0) is 17.8. The molecule has 0 radical (unpaired) electrons. The SMILES string of the molecule is CCc1nc(C)c(C(=O)N(Cc2ccccc2)Cc2scnc2C)o1. The van der Waals surface area contributed by atoms with Crippen LogP contribution in [-0.2, 0) is 19.5 Å². The molecule has 3 aromatic rings. The molecule has 0 aliphatic rings. The lowest BCUT2D eigenvalue weighted by atomic mass is 10.2. The molecule has 0 aliphatic heterocycles. The molecule has 0 saturated heterocycles. The summed E-state index contributed by atoms with van der Waals surface area (Å²) in [6.45, 7) is 6.76. The van der Waals surface area contributed by atoms with E-state index in [1.165, 1.54) is 0 Å². The van der Waals surface area contributed by atoms with Crippen molar-refractivity contribution in [3.63, 3.8) is 0 Å². The van der Waals surface area contributed by atoms with Crippen LogP contribution in [0.15, 0.2) is 40.3 Å². The summed E-state index contributed by atoms with van der Waals surface area (Å²) in [6, 6.07) is 9.96. The Bertz CT molecular complexity index is 855. The fourth-order valence-electron chi connectivity index (χ4n) is 2.60. The summed E-state index contributed by atoms with van der Waals surface area (Å²) in [5.41, 5.74) is 4.48. The number of amides is 1. The zero-order valence-electron chi connectivity index (χ0n) is 14.7. The van der Waals surface area contributed by atoms with Crippen molar-refractivity contribution in [2.45, 2.75) is 40.3 Å². The maximum Gasteiger partial charge on any atom is 0.292 e. The van der Waals surface area contributed by atoms with Crippen molar-refractivity contribution >= 4 is 17.2 Å². The number of benzene rings is 1. The van der Waals surface area contributed by atoms with Crippen molar-refractivity contribution in [2.75, 3.05) is 0 Å². The molecule has 130 valence electrons. The molecule has 2 aromatic heterocycles. The van der Waals surface area contributed by atoms with Gasteiger partial charge in [0.1, 0.15) is 0 Å². The van der Waals surface area contributed by atoms with Crippen LogP contribution in [0.4, 0.5) is 0 Å². The highest BCUT2D eigenvalue weighted by Crippen LogP contribution is 2.21. The molecular formula is C19H21N3O2S. The Morgan fingerprint density at radius 3 is 2.52 bits per heavy atom. The van der Waals surface area contributed by atoms with E-state index in [1.807, 2.05) is 56.6 Å². The maximum atomic E-state index is 13.1. The van der Waals surface area contributed by atoms with E-state index >= 15 is 0 Å². The molecule has 0 aliphatic carbocycles. The largest absolute Gasteiger partial charge is 0.435 e. The van der Waals surface area contributed by atoms with Crippen molar-refractivity contribution < 1.29 is 9.21 Å². The summed E-state index contributed by atoms with van der Waals surface area (Å²) in [5.74, 6) is 0.783. The molecule has 0 N–H and O–H groups in total. The van der Waals surface area contributed by atoms with Crippen LogP contribution < -0.4 is 0 Å². The van der Waals surface area contributed by atoms with Crippen LogP contribution in [-0.4, -0.2) is 20.8 Å². The Morgan fingerprint density at radius 1 is 1.16 bits per heavy atom. The number of nitrogens with zero attached hydrogens (tertiary/aromatic N) is 3. The smallest absolute Gasteiger partial charge is 0.292 e. The van der Waals surface area contributed by atoms with Gasteiger partial charge in [0.25, 0.3) is 5.91 Å². The predicted molar refractivity (Wildman–Crippen MR) is 97.5 cm³/mol. The van der Waals surface area contributed by atoms with Gasteiger partial charge >= 0.3 is 0 Å². The van der Waals surface area contributed by atoms with Gasteiger partial charge in [-0.15, -0.1) is 11.3 Å². The van der Waals surface area contributed by atoms with Crippen LogP contribution in [0, 0.1) is 13.8 Å². The molecule has 25 heavy (non-hydrogen) atoms. The van der Waals surface area contributed by atoms with Crippen molar-refractivity contribution in [3.8, 4) is 0 Å². The summed E-state index contributed by atoms with van der Waals surface area (Å²) < 4.78 is 5.68. The second-order valence-corrected chi connectivity index (χ2v) is 6.82. The van der Waals surface area contributed by atoms with Crippen LogP contribution in [0.5, 0.6) is 0 Å². The van der Waals surface area contributed by atoms with Crippen molar-refractivity contribution in [3.05, 3.63) is 69.3 Å². The minimum absolute atomic E-state index is 0.138. The van der Waals surface area contributed by atoms with E-state index in [9.17, 15) is 4.79 Å². The van der Waals surface area contributed by atoms with Crippen LogP contribution in [0.2, 0.25) is 0 Å². The zero-order valence-corrected chi connectivity index (χ0v) is 15.5. The van der Waals surface area contributed by atoms with E-state index in [0.29, 0.717) is 36.9 Å². The van der Waals surface area contributed by atoms with Gasteiger partial charge in [-0.1, -0.05) is 37.3 Å². The highest BCUT2D eigenvalue weighted by atomic mass is 32.1. The van der Waals surface area contributed by atoms with Crippen LogP contribution in [0.3, 0.4) is 0 Å². The van der Waals surface area contributed by atoms with Gasteiger partial charge in [-0.3, -0.25) is 4.79 Å². The summed E-state index contributed by atoms with van der Waals surface area (Å²) >= 11 is 1.56. The molecular weight excluding hydrogens is 334 g/mol. The third-order valence-electron chi connectivity index (χ3n) is 4.02. The molecule has 0 saturated carbocycles. The fourth-order valence-corrected chi connectivity index (χ4v) is 3.39. The van der Waals surface area contributed by atoms with Gasteiger partial charge in [-0.2, -0.15) is 0 Å². The summed E-state index contributed by atoms with van der Waals surface area (Å²) in [4.78, 5) is 24.6. The summed E-state index contributed by atoms with van der Waals surface area (Å²) in [7, 11) is 0. The first-order valence-corrected chi connectivity index (χ1v) is 9.15. The Hall–Kier alpha value is -2.47. The van der Waals surface area contributed by atoms with E-state index < -0.39 is 0 Å². The van der Waals surface area contributed by atoms with Gasteiger partial charge in [0.2, 0.25) is 5.76 Å². The molecule has 6 heteroatoms. The molecule has 3 rings (SSSR count). The lowest BCUT2D eigenvalue weighted by molar-refractivity contribution is 0.0696. The molecule has 1 aromatic carbocycles. The molecule has 5 nitrogen and oxygen atoms in total. The lowest BCUT2D eigenvalue weighted by Gasteiger charge is -2.21. The number of aryl methyl sites for hydroxylation is 3. The first-order chi connectivity index (χ1) is 12.1. The van der Waals surface area contributed by atoms with E-state index in [2.05, 4.69) is 9.97 Å². The van der Waals surface area contributed by atoms with Gasteiger partial charge in [0.15, 0.2) is 5.89 Å². The Kier molecular flexibility index (Phi) is 5.28. The predicted octanol–water partition coefficient (Wildman–Crippen LogP) is 4.15. The maximum absolute atomic E-state index is 13.1. The second-order valence-electron chi connectivity index (χ2n) is 5.88. The van der Waals surface area contributed by atoms with Crippen LogP contribution in [0.1, 0.15) is 45.2 Å². The monoisotopic (exact) mass is 355 g/mol. The standard InChI is InChI=1S/C19H21N3O2S/c1-4-17-21-14(3)18(24-17)19(23)22(10-15-8-6-5-7-9-15)11-16-13(2)20-12-25-16/h5-9,12H,4,10-11H2,1-3H3. The quantitative estimate of drug-likeness (QED) is 0.666. The van der Waals surface area contributed by atoms with Gasteiger partial charge in [0.05, 0.1) is 23.4 Å². The molecule has 0 fully saturated rings. The number of thiazole rings is 1. The topological polar surface area (TPSA) is 59.2 Å². The molecule has 0 atom stereocenters. The average molecular weight is 355 g/mol. The van der Waals surface area contributed by atoms with Crippen molar-refractivity contribution in [2.24, 2.45) is 0 Å². The van der Waals surface area contributed by atoms with Crippen LogP contribution in [0.25, 0.3) is 0 Å². The highest BCUT2D eigenvalue weighted by Gasteiger charge is 2.24. The van der Waals surface area contributed by atoms with E-state index in [4.69, 9.17) is 4.42 Å². The number of aromatic nitrogens is 2. The number of oxazole rings is 1. The summed E-state index contributed by atoms with van der Waals surface area (Å²) in [5, 5.41) is 0. The highest BCUT2D eigenvalue weighted by molar-refractivity contribution is 7.09. The number of carbonyl (C=O) groups is 1. The molecule has 0 unspecified atom stereocenters. The van der Waals surface area contributed by atoms with Gasteiger partial charge in [-0.25, -0.2) is 9.97 Å². The molecule has 2 heterocycles. The number of carbonyl (C=O) groups excluding carboxylic acids is 1. The number of hydrogen-bond donors (Lipinski definition) is 0. The van der Waals surface area contributed by atoms with E-state index in [1.54, 1.807) is 16.2 Å². The lowest BCUT2D eigenvalue weighted by Crippen LogP contribution is -2.30. The Balaban J connectivity index is 1.90. The van der Waals surface area contributed by atoms with E-state index in [0.717, 1.165) is 16.1 Å². The van der Waals surface area contributed by atoms with Gasteiger partial charge in [0, 0.05) is 17.8 Å². The number of rotatable bonds is 6.